The van der Waals surface area contributed by atoms with Crippen LogP contribution >= 0.6 is 11.3 Å². The van der Waals surface area contributed by atoms with Crippen LogP contribution in [0, 0.1) is 10.8 Å². The summed E-state index contributed by atoms with van der Waals surface area (Å²) in [5.41, 5.74) is 6.17. The van der Waals surface area contributed by atoms with Crippen molar-refractivity contribution in [1.82, 2.24) is 5.32 Å². The number of rotatable bonds is 5. The highest BCUT2D eigenvalue weighted by molar-refractivity contribution is 7.09. The van der Waals surface area contributed by atoms with Gasteiger partial charge in [0.1, 0.15) is 0 Å². The number of nitrogens with two attached hydrogens (primary N) is 1. The summed E-state index contributed by atoms with van der Waals surface area (Å²) >= 11 is 1.76. The van der Waals surface area contributed by atoms with E-state index in [1.807, 2.05) is 0 Å². The molecule has 0 unspecified atom stereocenters. The number of aryl methyl sites for hydroxylation is 1. The Hall–Kier alpha value is -0.870. The molecule has 2 rings (SSSR count). The zero-order chi connectivity index (χ0) is 15.0. The van der Waals surface area contributed by atoms with E-state index in [0.717, 1.165) is 12.8 Å². The molecule has 0 bridgehead atoms. The molecular formula is C16H26N2OS. The van der Waals surface area contributed by atoms with Crippen molar-refractivity contribution in [1.29, 1.82) is 0 Å². The van der Waals surface area contributed by atoms with Crippen LogP contribution in [0.4, 0.5) is 0 Å². The molecule has 1 saturated carbocycles. The SMILES string of the molecule is CC1(C)C(N)C(C)(C)C1NC(=O)CCCc1cccs1. The maximum atomic E-state index is 12.1. The van der Waals surface area contributed by atoms with Crippen LogP contribution in [0.2, 0.25) is 0 Å². The number of nitrogens with one attached hydrogen (secondary N) is 1. The molecule has 0 atom stereocenters. The fourth-order valence-corrected chi connectivity index (χ4v) is 4.41. The molecule has 1 aromatic rings. The van der Waals surface area contributed by atoms with Crippen molar-refractivity contribution >= 4 is 17.2 Å². The molecule has 20 heavy (non-hydrogen) atoms. The van der Waals surface area contributed by atoms with E-state index in [9.17, 15) is 4.79 Å². The zero-order valence-corrected chi connectivity index (χ0v) is 13.7. The minimum absolute atomic E-state index is 0.0209. The van der Waals surface area contributed by atoms with Gasteiger partial charge >= 0.3 is 0 Å². The molecule has 112 valence electrons. The maximum absolute atomic E-state index is 12.1. The normalized spacial score (nSPS) is 26.9. The lowest BCUT2D eigenvalue weighted by Gasteiger charge is -2.62. The Balaban J connectivity index is 1.80. The van der Waals surface area contributed by atoms with Crippen molar-refractivity contribution in [2.45, 2.75) is 59.0 Å². The average Bonchev–Trinajstić information content (AvgIpc) is 2.88. The second-order valence-electron chi connectivity index (χ2n) is 7.05. The molecule has 0 aromatic carbocycles. The second kappa shape index (κ2) is 5.49. The van der Waals surface area contributed by atoms with Gasteiger partial charge in [-0.2, -0.15) is 0 Å². The zero-order valence-electron chi connectivity index (χ0n) is 12.9. The molecular weight excluding hydrogens is 268 g/mol. The molecule has 1 amide bonds. The number of amides is 1. The van der Waals surface area contributed by atoms with Gasteiger partial charge in [-0.25, -0.2) is 0 Å². The van der Waals surface area contributed by atoms with Gasteiger partial charge in [-0.05, 0) is 24.3 Å². The summed E-state index contributed by atoms with van der Waals surface area (Å²) < 4.78 is 0. The number of thiophene rings is 1. The van der Waals surface area contributed by atoms with Crippen molar-refractivity contribution in [2.24, 2.45) is 16.6 Å². The molecule has 4 heteroatoms. The molecule has 1 aliphatic carbocycles. The maximum Gasteiger partial charge on any atom is 0.220 e. The fourth-order valence-electron chi connectivity index (χ4n) is 3.66. The third kappa shape index (κ3) is 2.77. The third-order valence-electron chi connectivity index (χ3n) is 4.80. The van der Waals surface area contributed by atoms with Crippen LogP contribution < -0.4 is 11.1 Å². The molecule has 0 spiro atoms. The lowest BCUT2D eigenvalue weighted by molar-refractivity contribution is -0.132. The first-order valence-corrected chi connectivity index (χ1v) is 8.21. The summed E-state index contributed by atoms with van der Waals surface area (Å²) in [6, 6.07) is 4.48. The Kier molecular flexibility index (Phi) is 4.26. The highest BCUT2D eigenvalue weighted by atomic mass is 32.1. The lowest BCUT2D eigenvalue weighted by Crippen LogP contribution is -2.76. The van der Waals surface area contributed by atoms with E-state index in [-0.39, 0.29) is 28.8 Å². The first-order valence-electron chi connectivity index (χ1n) is 7.33. The Morgan fingerprint density at radius 2 is 2.00 bits per heavy atom. The van der Waals surface area contributed by atoms with Crippen molar-refractivity contribution in [2.75, 3.05) is 0 Å². The van der Waals surface area contributed by atoms with Crippen LogP contribution in [0.1, 0.15) is 45.4 Å². The topological polar surface area (TPSA) is 55.1 Å². The summed E-state index contributed by atoms with van der Waals surface area (Å²) in [6.45, 7) is 8.55. The molecule has 1 aliphatic rings. The van der Waals surface area contributed by atoms with Gasteiger partial charge in [0.05, 0.1) is 0 Å². The standard InChI is InChI=1S/C16H26N2OS/c1-15(2)13(17)16(3,4)14(15)18-12(19)9-5-7-11-8-6-10-20-11/h6,8,10,13-14H,5,7,9,17H2,1-4H3,(H,18,19). The van der Waals surface area contributed by atoms with Gasteiger partial charge in [0.15, 0.2) is 0 Å². The fraction of sp³-hybridized carbons (Fsp3) is 0.688. The monoisotopic (exact) mass is 294 g/mol. The van der Waals surface area contributed by atoms with Gasteiger partial charge in [-0.1, -0.05) is 33.8 Å². The van der Waals surface area contributed by atoms with Crippen molar-refractivity contribution in [3.05, 3.63) is 22.4 Å². The first kappa shape index (κ1) is 15.5. The Bertz CT molecular complexity index is 449. The van der Waals surface area contributed by atoms with E-state index < -0.39 is 0 Å². The van der Waals surface area contributed by atoms with Crippen LogP contribution in [0.15, 0.2) is 17.5 Å². The van der Waals surface area contributed by atoms with E-state index >= 15 is 0 Å². The third-order valence-corrected chi connectivity index (χ3v) is 5.74. The van der Waals surface area contributed by atoms with E-state index in [1.165, 1.54) is 4.88 Å². The number of hydrogen-bond acceptors (Lipinski definition) is 3. The van der Waals surface area contributed by atoms with E-state index in [2.05, 4.69) is 50.5 Å². The largest absolute Gasteiger partial charge is 0.352 e. The lowest BCUT2D eigenvalue weighted by atomic mass is 9.48. The van der Waals surface area contributed by atoms with Gasteiger partial charge in [0.2, 0.25) is 5.91 Å². The van der Waals surface area contributed by atoms with E-state index in [4.69, 9.17) is 5.73 Å². The number of carbonyl (C=O) groups is 1. The minimum atomic E-state index is -0.0209. The summed E-state index contributed by atoms with van der Waals surface area (Å²) in [6.07, 6.45) is 2.49. The van der Waals surface area contributed by atoms with Crippen LogP contribution in [0.25, 0.3) is 0 Å². The summed E-state index contributed by atoms with van der Waals surface area (Å²) in [5, 5.41) is 5.27. The van der Waals surface area contributed by atoms with Gasteiger partial charge in [0.25, 0.3) is 0 Å². The minimum Gasteiger partial charge on any atom is -0.352 e. The molecule has 0 saturated heterocycles. The smallest absolute Gasteiger partial charge is 0.220 e. The summed E-state index contributed by atoms with van der Waals surface area (Å²) in [5.74, 6) is 0.152. The molecule has 0 radical (unpaired) electrons. The molecule has 1 heterocycles. The second-order valence-corrected chi connectivity index (χ2v) is 8.09. The quantitative estimate of drug-likeness (QED) is 0.877. The van der Waals surface area contributed by atoms with Crippen LogP contribution in [-0.4, -0.2) is 18.0 Å². The number of carbonyl (C=O) groups excluding carboxylic acids is 1. The highest BCUT2D eigenvalue weighted by Gasteiger charge is 2.60. The van der Waals surface area contributed by atoms with Crippen molar-refractivity contribution in [3.8, 4) is 0 Å². The Morgan fingerprint density at radius 3 is 2.55 bits per heavy atom. The summed E-state index contributed by atoms with van der Waals surface area (Å²) in [4.78, 5) is 13.5. The number of hydrogen-bond donors (Lipinski definition) is 2. The molecule has 3 N–H and O–H groups in total. The molecule has 0 aliphatic heterocycles. The predicted molar refractivity (Wildman–Crippen MR) is 84.7 cm³/mol. The summed E-state index contributed by atoms with van der Waals surface area (Å²) in [7, 11) is 0. The highest BCUT2D eigenvalue weighted by Crippen LogP contribution is 2.52. The van der Waals surface area contributed by atoms with Crippen LogP contribution in [0.5, 0.6) is 0 Å². The van der Waals surface area contributed by atoms with E-state index in [1.54, 1.807) is 11.3 Å². The predicted octanol–water partition coefficient (Wildman–Crippen LogP) is 2.95. The average molecular weight is 294 g/mol. The Morgan fingerprint density at radius 1 is 1.35 bits per heavy atom. The Labute approximate surface area is 125 Å². The van der Waals surface area contributed by atoms with Crippen LogP contribution in [-0.2, 0) is 11.2 Å². The molecule has 1 aromatic heterocycles. The van der Waals surface area contributed by atoms with Gasteiger partial charge in [-0.3, -0.25) is 4.79 Å². The van der Waals surface area contributed by atoms with E-state index in [0.29, 0.717) is 6.42 Å². The van der Waals surface area contributed by atoms with Gasteiger partial charge in [-0.15, -0.1) is 11.3 Å². The molecule has 3 nitrogen and oxygen atoms in total. The molecule has 1 fully saturated rings. The van der Waals surface area contributed by atoms with Crippen molar-refractivity contribution in [3.63, 3.8) is 0 Å². The van der Waals surface area contributed by atoms with Crippen molar-refractivity contribution < 1.29 is 4.79 Å². The van der Waals surface area contributed by atoms with Gasteiger partial charge < -0.3 is 11.1 Å². The van der Waals surface area contributed by atoms with Crippen LogP contribution in [0.3, 0.4) is 0 Å². The van der Waals surface area contributed by atoms with Gasteiger partial charge in [0, 0.05) is 34.2 Å². The first-order chi connectivity index (χ1) is 9.26.